The number of anilines is 1. The fraction of sp³-hybridized carbons (Fsp3) is 0.111. The normalized spacial score (nSPS) is 10.5. The number of phenolic OH excluding ortho intramolecular Hbond substituents is 1. The third-order valence-corrected chi connectivity index (χ3v) is 2.95. The molecule has 0 atom stereocenters. The molecule has 0 radical (unpaired) electrons. The summed E-state index contributed by atoms with van der Waals surface area (Å²) in [6, 6.07) is 3.56. The van der Waals surface area contributed by atoms with Gasteiger partial charge in [0, 0.05) is 10.8 Å². The number of rotatable bonds is 1. The van der Waals surface area contributed by atoms with Crippen molar-refractivity contribution < 1.29 is 9.84 Å². The highest BCUT2D eigenvalue weighted by molar-refractivity contribution is 7.18. The molecule has 0 saturated heterocycles. The summed E-state index contributed by atoms with van der Waals surface area (Å²) in [5.41, 5.74) is 6.39. The van der Waals surface area contributed by atoms with Gasteiger partial charge in [-0.05, 0) is 12.1 Å². The Morgan fingerprint density at radius 1 is 1.46 bits per heavy atom. The zero-order valence-corrected chi connectivity index (χ0v) is 7.89. The smallest absolute Gasteiger partial charge is 0.175 e. The third kappa shape index (κ3) is 1.10. The maximum atomic E-state index is 9.69. The van der Waals surface area contributed by atoms with Gasteiger partial charge in [0.2, 0.25) is 0 Å². The van der Waals surface area contributed by atoms with E-state index in [0.29, 0.717) is 11.4 Å². The number of hydrogen-bond acceptors (Lipinski definition) is 4. The van der Waals surface area contributed by atoms with Gasteiger partial charge in [-0.15, -0.1) is 11.3 Å². The van der Waals surface area contributed by atoms with E-state index in [1.807, 2.05) is 11.4 Å². The maximum absolute atomic E-state index is 9.69. The van der Waals surface area contributed by atoms with Gasteiger partial charge in [0.1, 0.15) is 0 Å². The van der Waals surface area contributed by atoms with Crippen molar-refractivity contribution in [2.75, 3.05) is 12.8 Å². The van der Waals surface area contributed by atoms with Crippen LogP contribution in [0.4, 0.5) is 5.69 Å². The van der Waals surface area contributed by atoms with Gasteiger partial charge in [-0.3, -0.25) is 0 Å². The predicted octanol–water partition coefficient (Wildman–Crippen LogP) is 2.20. The molecule has 0 amide bonds. The maximum Gasteiger partial charge on any atom is 0.175 e. The van der Waals surface area contributed by atoms with E-state index in [1.54, 1.807) is 6.07 Å². The standard InChI is InChI=1S/C9H9NO2S/c1-12-7-3-2-5-6(10)4-13-9(5)8(7)11/h2-4,11H,10H2,1H3. The molecule has 1 aromatic heterocycles. The average Bonchev–Trinajstić information content (AvgIpc) is 2.50. The quantitative estimate of drug-likeness (QED) is 0.733. The van der Waals surface area contributed by atoms with Crippen LogP contribution in [0.3, 0.4) is 0 Å². The molecule has 0 aliphatic heterocycles. The highest BCUT2D eigenvalue weighted by Gasteiger charge is 2.09. The van der Waals surface area contributed by atoms with Gasteiger partial charge >= 0.3 is 0 Å². The van der Waals surface area contributed by atoms with Gasteiger partial charge in [-0.2, -0.15) is 0 Å². The van der Waals surface area contributed by atoms with Gasteiger partial charge in [0.15, 0.2) is 11.5 Å². The Kier molecular flexibility index (Phi) is 1.77. The van der Waals surface area contributed by atoms with Crippen molar-refractivity contribution in [3.05, 3.63) is 17.5 Å². The Balaban J connectivity index is 2.80. The van der Waals surface area contributed by atoms with Crippen LogP contribution in [-0.2, 0) is 0 Å². The number of benzene rings is 1. The van der Waals surface area contributed by atoms with Crippen molar-refractivity contribution in [1.29, 1.82) is 0 Å². The minimum Gasteiger partial charge on any atom is -0.503 e. The second kappa shape index (κ2) is 2.81. The predicted molar refractivity (Wildman–Crippen MR) is 54.5 cm³/mol. The zero-order chi connectivity index (χ0) is 9.42. The highest BCUT2D eigenvalue weighted by atomic mass is 32.1. The molecule has 0 bridgehead atoms. The first-order valence-corrected chi connectivity index (χ1v) is 4.64. The number of aromatic hydroxyl groups is 1. The molecule has 0 aliphatic rings. The van der Waals surface area contributed by atoms with Crippen LogP contribution in [-0.4, -0.2) is 12.2 Å². The zero-order valence-electron chi connectivity index (χ0n) is 7.07. The molecule has 1 heterocycles. The summed E-state index contributed by atoms with van der Waals surface area (Å²) < 4.78 is 5.75. The van der Waals surface area contributed by atoms with Crippen LogP contribution in [0.15, 0.2) is 17.5 Å². The van der Waals surface area contributed by atoms with Crippen molar-refractivity contribution in [3.8, 4) is 11.5 Å². The lowest BCUT2D eigenvalue weighted by Gasteiger charge is -2.03. The van der Waals surface area contributed by atoms with Crippen LogP contribution in [0.1, 0.15) is 0 Å². The number of fused-ring (bicyclic) bond motifs is 1. The Bertz CT molecular complexity index is 450. The summed E-state index contributed by atoms with van der Waals surface area (Å²) >= 11 is 1.42. The van der Waals surface area contributed by atoms with Gasteiger partial charge in [0.05, 0.1) is 17.5 Å². The molecule has 3 N–H and O–H groups in total. The first-order valence-electron chi connectivity index (χ1n) is 3.76. The van der Waals surface area contributed by atoms with Gasteiger partial charge in [0.25, 0.3) is 0 Å². The number of nitrogens with two attached hydrogens (primary N) is 1. The van der Waals surface area contributed by atoms with Gasteiger partial charge < -0.3 is 15.6 Å². The van der Waals surface area contributed by atoms with Crippen LogP contribution in [0, 0.1) is 0 Å². The number of nitrogen functional groups attached to an aromatic ring is 1. The molecule has 0 unspecified atom stereocenters. The van der Waals surface area contributed by atoms with Crippen molar-refractivity contribution in [2.24, 2.45) is 0 Å². The molecule has 68 valence electrons. The topological polar surface area (TPSA) is 55.5 Å². The van der Waals surface area contributed by atoms with Crippen LogP contribution in [0.2, 0.25) is 0 Å². The summed E-state index contributed by atoms with van der Waals surface area (Å²) in [4.78, 5) is 0. The van der Waals surface area contributed by atoms with E-state index in [-0.39, 0.29) is 5.75 Å². The Morgan fingerprint density at radius 3 is 2.92 bits per heavy atom. The molecule has 2 aromatic rings. The first-order chi connectivity index (χ1) is 6.24. The average molecular weight is 195 g/mol. The third-order valence-electron chi connectivity index (χ3n) is 1.93. The van der Waals surface area contributed by atoms with Crippen LogP contribution < -0.4 is 10.5 Å². The monoisotopic (exact) mass is 195 g/mol. The molecule has 0 aliphatic carbocycles. The summed E-state index contributed by atoms with van der Waals surface area (Å²) in [6.07, 6.45) is 0. The van der Waals surface area contributed by atoms with Crippen molar-refractivity contribution >= 4 is 27.1 Å². The van der Waals surface area contributed by atoms with E-state index in [2.05, 4.69) is 0 Å². The Morgan fingerprint density at radius 2 is 2.23 bits per heavy atom. The molecular formula is C9H9NO2S. The molecule has 2 rings (SSSR count). The largest absolute Gasteiger partial charge is 0.503 e. The number of thiophene rings is 1. The van der Waals surface area contributed by atoms with Crippen LogP contribution >= 0.6 is 11.3 Å². The molecule has 0 fully saturated rings. The Labute approximate surface area is 79.4 Å². The molecule has 0 spiro atoms. The minimum atomic E-state index is 0.168. The van der Waals surface area contributed by atoms with Crippen molar-refractivity contribution in [3.63, 3.8) is 0 Å². The van der Waals surface area contributed by atoms with E-state index in [4.69, 9.17) is 10.5 Å². The van der Waals surface area contributed by atoms with Gasteiger partial charge in [-0.1, -0.05) is 0 Å². The van der Waals surface area contributed by atoms with E-state index in [0.717, 1.165) is 10.1 Å². The van der Waals surface area contributed by atoms with Crippen molar-refractivity contribution in [1.82, 2.24) is 0 Å². The summed E-state index contributed by atoms with van der Waals surface area (Å²) in [7, 11) is 1.53. The summed E-state index contributed by atoms with van der Waals surface area (Å²) in [5, 5.41) is 12.4. The number of methoxy groups -OCH3 is 1. The number of hydrogen-bond donors (Lipinski definition) is 2. The molecule has 0 saturated carbocycles. The summed E-state index contributed by atoms with van der Waals surface area (Å²) in [5.74, 6) is 0.649. The van der Waals surface area contributed by atoms with E-state index >= 15 is 0 Å². The SMILES string of the molecule is COc1ccc2c(N)csc2c1O. The second-order valence-electron chi connectivity index (χ2n) is 2.68. The van der Waals surface area contributed by atoms with Crippen molar-refractivity contribution in [2.45, 2.75) is 0 Å². The molecule has 3 nitrogen and oxygen atoms in total. The fourth-order valence-electron chi connectivity index (χ4n) is 1.25. The van der Waals surface area contributed by atoms with Crippen LogP contribution in [0.5, 0.6) is 11.5 Å². The number of ether oxygens (including phenoxy) is 1. The molecular weight excluding hydrogens is 186 g/mol. The second-order valence-corrected chi connectivity index (χ2v) is 3.56. The lowest BCUT2D eigenvalue weighted by molar-refractivity contribution is 0.377. The van der Waals surface area contributed by atoms with Crippen LogP contribution in [0.25, 0.3) is 10.1 Å². The fourth-order valence-corrected chi connectivity index (χ4v) is 2.15. The molecule has 4 heteroatoms. The van der Waals surface area contributed by atoms with E-state index < -0.39 is 0 Å². The minimum absolute atomic E-state index is 0.168. The molecule has 1 aromatic carbocycles. The summed E-state index contributed by atoms with van der Waals surface area (Å²) in [6.45, 7) is 0. The van der Waals surface area contributed by atoms with E-state index in [9.17, 15) is 5.11 Å². The lowest BCUT2D eigenvalue weighted by Crippen LogP contribution is -1.84. The lowest BCUT2D eigenvalue weighted by atomic mass is 10.2. The first kappa shape index (κ1) is 8.19. The van der Waals surface area contributed by atoms with Gasteiger partial charge in [-0.25, -0.2) is 0 Å². The highest BCUT2D eigenvalue weighted by Crippen LogP contribution is 2.40. The van der Waals surface area contributed by atoms with E-state index in [1.165, 1.54) is 18.4 Å². The Hall–Kier alpha value is -1.42. The number of phenols is 1. The molecule has 13 heavy (non-hydrogen) atoms.